The number of rotatable bonds is 2. The molecular weight excluding hydrogens is 168 g/mol. The normalized spacial score (nSPS) is 17.8. The summed E-state index contributed by atoms with van der Waals surface area (Å²) in [6.45, 7) is 6.28. The van der Waals surface area contributed by atoms with Crippen LogP contribution in [0.25, 0.3) is 0 Å². The molecule has 2 rings (SSSR count). The smallest absolute Gasteiger partial charge is 0.0156 e. The summed E-state index contributed by atoms with van der Waals surface area (Å²) in [5, 5.41) is 0. The molecule has 0 amide bonds. The minimum absolute atomic E-state index is 0. The fraction of sp³-hybridized carbons (Fsp3) is 0.429. The van der Waals surface area contributed by atoms with E-state index in [0.717, 1.165) is 0 Å². The summed E-state index contributed by atoms with van der Waals surface area (Å²) < 4.78 is 0. The van der Waals surface area contributed by atoms with Crippen molar-refractivity contribution in [3.63, 3.8) is 0 Å². The molecule has 76 valence electrons. The lowest BCUT2D eigenvalue weighted by Gasteiger charge is -2.43. The quantitative estimate of drug-likeness (QED) is 0.606. The Balaban J connectivity index is 0.000000980. The molecule has 0 bridgehead atoms. The fourth-order valence-electron chi connectivity index (χ4n) is 2.25. The van der Waals surface area contributed by atoms with Gasteiger partial charge < -0.3 is 0 Å². The van der Waals surface area contributed by atoms with Crippen LogP contribution in [0.1, 0.15) is 39.2 Å². The third-order valence-electron chi connectivity index (χ3n) is 3.35. The third-order valence-corrected chi connectivity index (χ3v) is 3.35. The van der Waals surface area contributed by atoms with E-state index in [-0.39, 0.29) is 7.43 Å². The van der Waals surface area contributed by atoms with Crippen molar-refractivity contribution in [2.24, 2.45) is 0 Å². The summed E-state index contributed by atoms with van der Waals surface area (Å²) >= 11 is 0. The summed E-state index contributed by atoms with van der Waals surface area (Å²) in [6.07, 6.45) is 3.92. The minimum atomic E-state index is 0. The molecule has 1 fully saturated rings. The van der Waals surface area contributed by atoms with Gasteiger partial charge in [0.1, 0.15) is 0 Å². The number of benzene rings is 1. The van der Waals surface area contributed by atoms with Crippen molar-refractivity contribution in [1.82, 2.24) is 0 Å². The van der Waals surface area contributed by atoms with Gasteiger partial charge in [0.25, 0.3) is 0 Å². The molecular formula is C14H20. The van der Waals surface area contributed by atoms with Gasteiger partial charge in [0.05, 0.1) is 0 Å². The molecule has 0 atom stereocenters. The second kappa shape index (κ2) is 4.00. The van der Waals surface area contributed by atoms with Crippen molar-refractivity contribution < 1.29 is 0 Å². The van der Waals surface area contributed by atoms with Crippen LogP contribution in [0, 0.1) is 0 Å². The zero-order chi connectivity index (χ0) is 9.31. The van der Waals surface area contributed by atoms with Gasteiger partial charge >= 0.3 is 0 Å². The van der Waals surface area contributed by atoms with Crippen LogP contribution < -0.4 is 0 Å². The van der Waals surface area contributed by atoms with Crippen LogP contribution in [0.5, 0.6) is 0 Å². The summed E-state index contributed by atoms with van der Waals surface area (Å²) in [5.41, 5.74) is 3.10. The second-order valence-corrected chi connectivity index (χ2v) is 4.08. The zero-order valence-electron chi connectivity index (χ0n) is 8.22. The van der Waals surface area contributed by atoms with Crippen molar-refractivity contribution in [2.75, 3.05) is 0 Å². The van der Waals surface area contributed by atoms with E-state index in [1.165, 1.54) is 30.4 Å². The third kappa shape index (κ3) is 1.50. The van der Waals surface area contributed by atoms with Crippen LogP contribution in [0.3, 0.4) is 0 Å². The zero-order valence-corrected chi connectivity index (χ0v) is 8.22. The molecule has 1 saturated carbocycles. The van der Waals surface area contributed by atoms with Crippen molar-refractivity contribution in [3.8, 4) is 0 Å². The predicted molar refractivity (Wildman–Crippen MR) is 63.5 cm³/mol. The lowest BCUT2D eigenvalue weighted by molar-refractivity contribution is 0.295. The van der Waals surface area contributed by atoms with Gasteiger partial charge in [-0.3, -0.25) is 0 Å². The predicted octanol–water partition coefficient (Wildman–Crippen LogP) is 4.32. The van der Waals surface area contributed by atoms with E-state index in [1.54, 1.807) is 0 Å². The SMILES string of the molecule is C.C=C(C)C1(c2ccccc2)CCC1. The Morgan fingerprint density at radius 2 is 1.79 bits per heavy atom. The summed E-state index contributed by atoms with van der Waals surface area (Å²) in [4.78, 5) is 0. The Labute approximate surface area is 87.7 Å². The molecule has 0 aromatic heterocycles. The highest BCUT2D eigenvalue weighted by atomic mass is 14.4. The number of hydrogen-bond acceptors (Lipinski definition) is 0. The minimum Gasteiger partial charge on any atom is -0.0992 e. The van der Waals surface area contributed by atoms with Crippen molar-refractivity contribution in [3.05, 3.63) is 48.0 Å². The van der Waals surface area contributed by atoms with E-state index in [0.29, 0.717) is 5.41 Å². The van der Waals surface area contributed by atoms with Crippen LogP contribution in [0.4, 0.5) is 0 Å². The molecule has 0 N–H and O–H groups in total. The Morgan fingerprint density at radius 1 is 1.21 bits per heavy atom. The largest absolute Gasteiger partial charge is 0.0992 e. The molecule has 1 aromatic rings. The van der Waals surface area contributed by atoms with Gasteiger partial charge in [-0.05, 0) is 25.3 Å². The lowest BCUT2D eigenvalue weighted by Crippen LogP contribution is -2.34. The van der Waals surface area contributed by atoms with E-state index in [4.69, 9.17) is 0 Å². The molecule has 0 nitrogen and oxygen atoms in total. The Kier molecular flexibility index (Phi) is 3.15. The fourth-order valence-corrected chi connectivity index (χ4v) is 2.25. The topological polar surface area (TPSA) is 0 Å². The average Bonchev–Trinajstić information content (AvgIpc) is 2.03. The molecule has 0 unspecified atom stereocenters. The molecule has 0 radical (unpaired) electrons. The first kappa shape index (κ1) is 11.0. The van der Waals surface area contributed by atoms with Gasteiger partial charge in [-0.1, -0.05) is 56.3 Å². The van der Waals surface area contributed by atoms with Crippen molar-refractivity contribution >= 4 is 0 Å². The van der Waals surface area contributed by atoms with Gasteiger partial charge in [-0.25, -0.2) is 0 Å². The van der Waals surface area contributed by atoms with Crippen molar-refractivity contribution in [2.45, 2.75) is 39.0 Å². The van der Waals surface area contributed by atoms with Crippen LogP contribution in [-0.2, 0) is 5.41 Å². The first-order chi connectivity index (χ1) is 6.26. The van der Waals surface area contributed by atoms with E-state index in [2.05, 4.69) is 43.8 Å². The van der Waals surface area contributed by atoms with Gasteiger partial charge in [-0.15, -0.1) is 0 Å². The first-order valence-electron chi connectivity index (χ1n) is 4.97. The Bertz CT molecular complexity index is 304. The highest BCUT2D eigenvalue weighted by Crippen LogP contribution is 2.48. The summed E-state index contributed by atoms with van der Waals surface area (Å²) in [6, 6.07) is 10.8. The molecule has 1 aromatic carbocycles. The van der Waals surface area contributed by atoms with E-state index < -0.39 is 0 Å². The lowest BCUT2D eigenvalue weighted by atomic mass is 9.61. The maximum Gasteiger partial charge on any atom is 0.0156 e. The van der Waals surface area contributed by atoms with Crippen LogP contribution in [-0.4, -0.2) is 0 Å². The first-order valence-corrected chi connectivity index (χ1v) is 4.97. The molecule has 1 aliphatic rings. The van der Waals surface area contributed by atoms with Gasteiger partial charge in [0.2, 0.25) is 0 Å². The second-order valence-electron chi connectivity index (χ2n) is 4.08. The Hall–Kier alpha value is -1.04. The van der Waals surface area contributed by atoms with Gasteiger partial charge in [0, 0.05) is 5.41 Å². The highest BCUT2D eigenvalue weighted by molar-refractivity contribution is 5.36. The van der Waals surface area contributed by atoms with Crippen LogP contribution in [0.2, 0.25) is 0 Å². The van der Waals surface area contributed by atoms with E-state index in [1.807, 2.05) is 0 Å². The van der Waals surface area contributed by atoms with Crippen LogP contribution >= 0.6 is 0 Å². The van der Waals surface area contributed by atoms with E-state index in [9.17, 15) is 0 Å². The Morgan fingerprint density at radius 3 is 2.14 bits per heavy atom. The number of allylic oxidation sites excluding steroid dienone is 1. The highest BCUT2D eigenvalue weighted by Gasteiger charge is 2.38. The molecule has 0 heterocycles. The molecule has 0 saturated heterocycles. The summed E-state index contributed by atoms with van der Waals surface area (Å²) in [7, 11) is 0. The van der Waals surface area contributed by atoms with Gasteiger partial charge in [-0.2, -0.15) is 0 Å². The molecule has 1 aliphatic carbocycles. The average molecular weight is 188 g/mol. The van der Waals surface area contributed by atoms with Crippen molar-refractivity contribution in [1.29, 1.82) is 0 Å². The molecule has 0 spiro atoms. The molecule has 0 heteroatoms. The molecule has 14 heavy (non-hydrogen) atoms. The van der Waals surface area contributed by atoms with Gasteiger partial charge in [0.15, 0.2) is 0 Å². The standard InChI is InChI=1S/C13H16.CH4/c1-11(2)13(9-6-10-13)12-7-4-3-5-8-12;/h3-5,7-8H,1,6,9-10H2,2H3;1H4. The summed E-state index contributed by atoms with van der Waals surface area (Å²) in [5.74, 6) is 0. The molecule has 0 aliphatic heterocycles. The number of hydrogen-bond donors (Lipinski definition) is 0. The van der Waals surface area contributed by atoms with E-state index >= 15 is 0 Å². The maximum absolute atomic E-state index is 4.13. The monoisotopic (exact) mass is 188 g/mol. The maximum atomic E-state index is 4.13. The van der Waals surface area contributed by atoms with Crippen LogP contribution in [0.15, 0.2) is 42.5 Å².